The normalized spacial score (nSPS) is 15.2. The molecule has 2 rings (SSSR count). The molecule has 4 heteroatoms. The Morgan fingerprint density at radius 2 is 2.00 bits per heavy atom. The van der Waals surface area contributed by atoms with E-state index < -0.39 is 0 Å². The summed E-state index contributed by atoms with van der Waals surface area (Å²) >= 11 is 5.47. The minimum absolute atomic E-state index is 0.0700. The molecule has 1 aromatic carbocycles. The fourth-order valence-corrected chi connectivity index (χ4v) is 2.48. The Balaban J connectivity index is 2.09. The zero-order valence-corrected chi connectivity index (χ0v) is 12.6. The number of nitrogens with one attached hydrogen (secondary N) is 1. The summed E-state index contributed by atoms with van der Waals surface area (Å²) in [6.45, 7) is 6.77. The largest absolute Gasteiger partial charge is 0.358 e. The van der Waals surface area contributed by atoms with E-state index in [-0.39, 0.29) is 11.4 Å². The molecule has 0 radical (unpaired) electrons. The van der Waals surface area contributed by atoms with E-state index in [9.17, 15) is 4.39 Å². The van der Waals surface area contributed by atoms with Gasteiger partial charge in [0.05, 0.1) is 0 Å². The zero-order valence-electron chi connectivity index (χ0n) is 11.7. The van der Waals surface area contributed by atoms with Crippen LogP contribution in [0.1, 0.15) is 39.2 Å². The summed E-state index contributed by atoms with van der Waals surface area (Å²) in [6.07, 6.45) is 2.28. The molecule has 2 nitrogen and oxygen atoms in total. The lowest BCUT2D eigenvalue weighted by atomic mass is 10.1. The number of benzene rings is 1. The van der Waals surface area contributed by atoms with Crippen molar-refractivity contribution in [2.75, 3.05) is 0 Å². The number of hydrogen-bond donors (Lipinski definition) is 1. The van der Waals surface area contributed by atoms with Crippen molar-refractivity contribution in [3.63, 3.8) is 0 Å². The molecular formula is C15H21FN2S. The first-order valence-corrected chi connectivity index (χ1v) is 7.10. The van der Waals surface area contributed by atoms with Crippen molar-refractivity contribution in [2.24, 2.45) is 0 Å². The third-order valence-electron chi connectivity index (χ3n) is 3.03. The van der Waals surface area contributed by atoms with Crippen LogP contribution in [0.3, 0.4) is 0 Å². The van der Waals surface area contributed by atoms with Gasteiger partial charge in [-0.25, -0.2) is 4.39 Å². The fourth-order valence-electron chi connectivity index (χ4n) is 1.96. The van der Waals surface area contributed by atoms with E-state index >= 15 is 0 Å². The summed E-state index contributed by atoms with van der Waals surface area (Å²) in [7, 11) is 0. The number of thiocarbonyl (C=S) groups is 1. The maximum absolute atomic E-state index is 13.7. The summed E-state index contributed by atoms with van der Waals surface area (Å²) < 4.78 is 13.7. The molecule has 0 aromatic heterocycles. The third-order valence-corrected chi connectivity index (χ3v) is 3.37. The minimum Gasteiger partial charge on any atom is -0.358 e. The van der Waals surface area contributed by atoms with Crippen LogP contribution in [0.4, 0.5) is 4.39 Å². The topological polar surface area (TPSA) is 15.3 Å². The molecule has 0 saturated heterocycles. The highest BCUT2D eigenvalue weighted by Crippen LogP contribution is 2.29. The standard InChI is InChI=1S/C15H21FN2S/c1-15(2,3)17-14(19)18(12-8-9-12)10-11-6-4-5-7-13(11)16/h4-7,12H,8-10H2,1-3H3,(H,17,19). The predicted octanol–water partition coefficient (Wildman–Crippen LogP) is 3.46. The smallest absolute Gasteiger partial charge is 0.169 e. The lowest BCUT2D eigenvalue weighted by Gasteiger charge is -2.31. The van der Waals surface area contributed by atoms with Crippen molar-refractivity contribution in [3.8, 4) is 0 Å². The van der Waals surface area contributed by atoms with Gasteiger partial charge in [0.15, 0.2) is 5.11 Å². The van der Waals surface area contributed by atoms with Gasteiger partial charge in [0, 0.05) is 23.7 Å². The Morgan fingerprint density at radius 3 is 2.53 bits per heavy atom. The van der Waals surface area contributed by atoms with E-state index in [1.54, 1.807) is 6.07 Å². The van der Waals surface area contributed by atoms with Gasteiger partial charge in [-0.1, -0.05) is 18.2 Å². The van der Waals surface area contributed by atoms with Crippen LogP contribution < -0.4 is 5.32 Å². The minimum atomic E-state index is -0.160. The first-order valence-electron chi connectivity index (χ1n) is 6.69. The molecule has 1 fully saturated rings. The second-order valence-electron chi connectivity index (χ2n) is 6.13. The molecule has 1 aromatic rings. The molecule has 0 amide bonds. The van der Waals surface area contributed by atoms with E-state index in [1.165, 1.54) is 6.07 Å². The maximum Gasteiger partial charge on any atom is 0.169 e. The molecule has 0 heterocycles. The van der Waals surface area contributed by atoms with Crippen molar-refractivity contribution in [1.82, 2.24) is 10.2 Å². The Bertz CT molecular complexity index is 463. The van der Waals surface area contributed by atoms with Gasteiger partial charge in [-0.3, -0.25) is 0 Å². The molecule has 0 atom stereocenters. The van der Waals surface area contributed by atoms with E-state index in [0.29, 0.717) is 18.2 Å². The van der Waals surface area contributed by atoms with E-state index in [2.05, 4.69) is 31.0 Å². The van der Waals surface area contributed by atoms with Crippen LogP contribution in [0.15, 0.2) is 24.3 Å². The maximum atomic E-state index is 13.7. The molecule has 104 valence electrons. The number of rotatable bonds is 3. The van der Waals surface area contributed by atoms with Crippen LogP contribution in [-0.2, 0) is 6.54 Å². The lowest BCUT2D eigenvalue weighted by molar-refractivity contribution is 0.367. The molecule has 1 aliphatic rings. The van der Waals surface area contributed by atoms with Crippen LogP contribution in [0, 0.1) is 5.82 Å². The quantitative estimate of drug-likeness (QED) is 0.854. The van der Waals surface area contributed by atoms with E-state index in [1.807, 2.05) is 12.1 Å². The molecule has 1 N–H and O–H groups in total. The van der Waals surface area contributed by atoms with Gasteiger partial charge in [0.25, 0.3) is 0 Å². The zero-order chi connectivity index (χ0) is 14.0. The van der Waals surface area contributed by atoms with Crippen molar-refractivity contribution < 1.29 is 4.39 Å². The molecule has 0 spiro atoms. The van der Waals surface area contributed by atoms with Crippen molar-refractivity contribution in [1.29, 1.82) is 0 Å². The summed E-state index contributed by atoms with van der Waals surface area (Å²) in [6, 6.07) is 7.36. The number of hydrogen-bond acceptors (Lipinski definition) is 1. The van der Waals surface area contributed by atoms with Crippen LogP contribution in [-0.4, -0.2) is 21.6 Å². The van der Waals surface area contributed by atoms with E-state index in [4.69, 9.17) is 12.2 Å². The van der Waals surface area contributed by atoms with Crippen LogP contribution in [0.5, 0.6) is 0 Å². The average molecular weight is 280 g/mol. The molecule has 1 saturated carbocycles. The highest BCUT2D eigenvalue weighted by atomic mass is 32.1. The van der Waals surface area contributed by atoms with E-state index in [0.717, 1.165) is 18.0 Å². The predicted molar refractivity (Wildman–Crippen MR) is 80.5 cm³/mol. The van der Waals surface area contributed by atoms with Gasteiger partial charge < -0.3 is 10.2 Å². The lowest BCUT2D eigenvalue weighted by Crippen LogP contribution is -2.48. The first-order chi connectivity index (χ1) is 8.87. The van der Waals surface area contributed by atoms with Crippen LogP contribution in [0.25, 0.3) is 0 Å². The summed E-state index contributed by atoms with van der Waals surface area (Å²) in [5.74, 6) is -0.160. The fraction of sp³-hybridized carbons (Fsp3) is 0.533. The Hall–Kier alpha value is -1.16. The Labute approximate surface area is 120 Å². The Morgan fingerprint density at radius 1 is 1.37 bits per heavy atom. The van der Waals surface area contributed by atoms with Gasteiger partial charge in [0.2, 0.25) is 0 Å². The van der Waals surface area contributed by atoms with Gasteiger partial charge in [0.1, 0.15) is 5.82 Å². The summed E-state index contributed by atoms with van der Waals surface area (Å²) in [5.41, 5.74) is 0.631. The molecule has 19 heavy (non-hydrogen) atoms. The molecule has 0 aliphatic heterocycles. The monoisotopic (exact) mass is 280 g/mol. The molecular weight excluding hydrogens is 259 g/mol. The molecule has 0 bridgehead atoms. The Kier molecular flexibility index (Phi) is 4.09. The second kappa shape index (κ2) is 5.45. The number of halogens is 1. The summed E-state index contributed by atoms with van der Waals surface area (Å²) in [4.78, 5) is 2.11. The highest BCUT2D eigenvalue weighted by molar-refractivity contribution is 7.80. The van der Waals surface area contributed by atoms with Crippen LogP contribution in [0.2, 0.25) is 0 Å². The first kappa shape index (κ1) is 14.3. The SMILES string of the molecule is CC(C)(C)NC(=S)N(Cc1ccccc1F)C1CC1. The van der Waals surface area contributed by atoms with Crippen LogP contribution >= 0.6 is 12.2 Å². The average Bonchev–Trinajstić information content (AvgIpc) is 3.09. The summed E-state index contributed by atoms with van der Waals surface area (Å²) in [5, 5.41) is 4.04. The van der Waals surface area contributed by atoms with Gasteiger partial charge in [-0.2, -0.15) is 0 Å². The molecule has 1 aliphatic carbocycles. The van der Waals surface area contributed by atoms with Crippen molar-refractivity contribution >= 4 is 17.3 Å². The second-order valence-corrected chi connectivity index (χ2v) is 6.52. The highest BCUT2D eigenvalue weighted by Gasteiger charge is 2.32. The number of nitrogens with zero attached hydrogens (tertiary/aromatic N) is 1. The van der Waals surface area contributed by atoms with Crippen molar-refractivity contribution in [3.05, 3.63) is 35.6 Å². The van der Waals surface area contributed by atoms with Crippen molar-refractivity contribution in [2.45, 2.75) is 51.7 Å². The third kappa shape index (κ3) is 4.16. The van der Waals surface area contributed by atoms with Gasteiger partial charge >= 0.3 is 0 Å². The van der Waals surface area contributed by atoms with Gasteiger partial charge in [-0.05, 0) is 51.9 Å². The molecule has 0 unspecified atom stereocenters. The van der Waals surface area contributed by atoms with Gasteiger partial charge in [-0.15, -0.1) is 0 Å².